The maximum Gasteiger partial charge on any atom is 0.264 e. The minimum Gasteiger partial charge on any atom is -0.348 e. The van der Waals surface area contributed by atoms with Crippen LogP contribution in [0.3, 0.4) is 0 Å². The van der Waals surface area contributed by atoms with Gasteiger partial charge in [0.2, 0.25) is 5.91 Å². The molecule has 0 bridgehead atoms. The number of halogens is 2. The van der Waals surface area contributed by atoms with Crippen LogP contribution < -0.4 is 5.32 Å². The SMILES string of the molecule is CCN(CC(=O)Nc1c(Cl)cccc1Cl)C(=O)/C(C#N)=C/c1cc(C)n(CC(C)C)c1C. The van der Waals surface area contributed by atoms with E-state index in [0.717, 1.165) is 23.5 Å². The second-order valence-electron chi connectivity index (χ2n) is 7.96. The molecule has 1 heterocycles. The van der Waals surface area contributed by atoms with Crippen LogP contribution in [0.4, 0.5) is 5.69 Å². The Bertz CT molecular complexity index is 1060. The average molecular weight is 475 g/mol. The van der Waals surface area contributed by atoms with Gasteiger partial charge >= 0.3 is 0 Å². The van der Waals surface area contributed by atoms with Gasteiger partial charge < -0.3 is 14.8 Å². The summed E-state index contributed by atoms with van der Waals surface area (Å²) in [7, 11) is 0. The fourth-order valence-corrected chi connectivity index (χ4v) is 3.88. The Morgan fingerprint density at radius 2 is 1.88 bits per heavy atom. The highest BCUT2D eigenvalue weighted by Gasteiger charge is 2.21. The summed E-state index contributed by atoms with van der Waals surface area (Å²) in [6.07, 6.45) is 1.59. The molecule has 32 heavy (non-hydrogen) atoms. The van der Waals surface area contributed by atoms with Crippen LogP contribution in [0.1, 0.15) is 37.7 Å². The number of anilines is 1. The molecule has 8 heteroatoms. The summed E-state index contributed by atoms with van der Waals surface area (Å²) in [4.78, 5) is 26.9. The Morgan fingerprint density at radius 1 is 1.25 bits per heavy atom. The number of para-hydroxylation sites is 1. The van der Waals surface area contributed by atoms with E-state index < -0.39 is 11.8 Å². The molecule has 2 rings (SSSR count). The van der Waals surface area contributed by atoms with E-state index >= 15 is 0 Å². The van der Waals surface area contributed by atoms with Crippen molar-refractivity contribution in [2.75, 3.05) is 18.4 Å². The van der Waals surface area contributed by atoms with E-state index in [0.29, 0.717) is 16.0 Å². The number of rotatable bonds is 8. The number of benzene rings is 1. The van der Waals surface area contributed by atoms with Gasteiger partial charge in [0.05, 0.1) is 15.7 Å². The van der Waals surface area contributed by atoms with Crippen LogP contribution in [0.15, 0.2) is 29.8 Å². The van der Waals surface area contributed by atoms with Gasteiger partial charge in [0.15, 0.2) is 0 Å². The first-order chi connectivity index (χ1) is 15.1. The molecule has 0 saturated carbocycles. The number of aromatic nitrogens is 1. The number of nitrogens with one attached hydrogen (secondary N) is 1. The number of nitriles is 1. The second-order valence-corrected chi connectivity index (χ2v) is 8.78. The van der Waals surface area contributed by atoms with E-state index in [-0.39, 0.29) is 24.4 Å². The van der Waals surface area contributed by atoms with Crippen LogP contribution in [-0.4, -0.2) is 34.4 Å². The number of likely N-dealkylation sites (N-methyl/N-ethyl adjacent to an activating group) is 1. The molecule has 1 N–H and O–H groups in total. The van der Waals surface area contributed by atoms with E-state index in [1.165, 1.54) is 4.90 Å². The Labute approximate surface area is 199 Å². The zero-order chi connectivity index (χ0) is 24.0. The second kappa shape index (κ2) is 11.2. The molecule has 0 fully saturated rings. The summed E-state index contributed by atoms with van der Waals surface area (Å²) < 4.78 is 2.17. The van der Waals surface area contributed by atoms with E-state index in [4.69, 9.17) is 23.2 Å². The quantitative estimate of drug-likeness (QED) is 0.407. The highest BCUT2D eigenvalue weighted by molar-refractivity contribution is 6.39. The highest BCUT2D eigenvalue weighted by Crippen LogP contribution is 2.29. The van der Waals surface area contributed by atoms with Crippen LogP contribution in [0.5, 0.6) is 0 Å². The van der Waals surface area contributed by atoms with Crippen molar-refractivity contribution in [2.45, 2.75) is 41.2 Å². The number of hydrogen-bond acceptors (Lipinski definition) is 3. The molecule has 0 radical (unpaired) electrons. The predicted octanol–water partition coefficient (Wildman–Crippen LogP) is 5.46. The van der Waals surface area contributed by atoms with Gasteiger partial charge in [-0.05, 0) is 56.5 Å². The first-order valence-electron chi connectivity index (χ1n) is 10.4. The molecule has 0 aliphatic carbocycles. The Morgan fingerprint density at radius 3 is 2.41 bits per heavy atom. The molecule has 1 aromatic carbocycles. The van der Waals surface area contributed by atoms with Crippen LogP contribution in [0.2, 0.25) is 10.0 Å². The van der Waals surface area contributed by atoms with Gasteiger partial charge in [-0.15, -0.1) is 0 Å². The lowest BCUT2D eigenvalue weighted by atomic mass is 10.1. The fraction of sp³-hybridized carbons (Fsp3) is 0.375. The molecule has 6 nitrogen and oxygen atoms in total. The lowest BCUT2D eigenvalue weighted by molar-refractivity contribution is -0.130. The smallest absolute Gasteiger partial charge is 0.264 e. The van der Waals surface area contributed by atoms with Gasteiger partial charge in [-0.3, -0.25) is 9.59 Å². The summed E-state index contributed by atoms with van der Waals surface area (Å²) in [6, 6.07) is 8.84. The average Bonchev–Trinajstić information content (AvgIpc) is 2.99. The molecule has 0 atom stereocenters. The van der Waals surface area contributed by atoms with Crippen LogP contribution in [0.25, 0.3) is 6.08 Å². The number of amides is 2. The summed E-state index contributed by atoms with van der Waals surface area (Å²) in [5.74, 6) is -0.499. The first kappa shape index (κ1) is 25.5. The molecule has 0 aliphatic heterocycles. The predicted molar refractivity (Wildman–Crippen MR) is 130 cm³/mol. The molecule has 0 aliphatic rings. The van der Waals surface area contributed by atoms with Crippen LogP contribution in [-0.2, 0) is 16.1 Å². The molecular formula is C24H28Cl2N4O2. The Hall–Kier alpha value is -2.75. The van der Waals surface area contributed by atoms with Crippen molar-refractivity contribution in [1.29, 1.82) is 5.26 Å². The lowest BCUT2D eigenvalue weighted by Gasteiger charge is -2.20. The van der Waals surface area contributed by atoms with E-state index in [1.54, 1.807) is 31.2 Å². The van der Waals surface area contributed by atoms with Crippen molar-refractivity contribution in [3.63, 3.8) is 0 Å². The molecule has 0 spiro atoms. The number of carbonyl (C=O) groups is 2. The van der Waals surface area contributed by atoms with Crippen molar-refractivity contribution < 1.29 is 9.59 Å². The maximum absolute atomic E-state index is 13.0. The summed E-state index contributed by atoms with van der Waals surface area (Å²) in [5, 5.41) is 12.9. The van der Waals surface area contributed by atoms with Gasteiger partial charge in [0.25, 0.3) is 5.91 Å². The van der Waals surface area contributed by atoms with Crippen molar-refractivity contribution >= 4 is 46.8 Å². The molecule has 2 aromatic rings. The van der Waals surface area contributed by atoms with Crippen LogP contribution in [0, 0.1) is 31.1 Å². The van der Waals surface area contributed by atoms with Crippen molar-refractivity contribution in [3.05, 3.63) is 56.8 Å². The van der Waals surface area contributed by atoms with Crippen molar-refractivity contribution in [3.8, 4) is 6.07 Å². The molecular weight excluding hydrogens is 447 g/mol. The third-order valence-corrected chi connectivity index (χ3v) is 5.67. The summed E-state index contributed by atoms with van der Waals surface area (Å²) in [5.41, 5.74) is 3.14. The van der Waals surface area contributed by atoms with Gasteiger partial charge in [-0.1, -0.05) is 43.1 Å². The standard InChI is InChI=1S/C24H28Cl2N4O2/c1-6-29(14-22(31)28-23-20(25)8-7-9-21(23)26)24(32)19(12-27)11-18-10-16(4)30(17(18)5)13-15(2)3/h7-11,15H,6,13-14H2,1-5H3,(H,28,31)/b19-11+. The maximum atomic E-state index is 13.0. The van der Waals surface area contributed by atoms with E-state index in [1.807, 2.05) is 26.0 Å². The molecule has 170 valence electrons. The number of carbonyl (C=O) groups excluding carboxylic acids is 2. The first-order valence-corrected chi connectivity index (χ1v) is 11.2. The fourth-order valence-electron chi connectivity index (χ4n) is 3.38. The number of nitrogens with zero attached hydrogens (tertiary/aromatic N) is 3. The Balaban J connectivity index is 2.22. The zero-order valence-electron chi connectivity index (χ0n) is 19.0. The Kier molecular flexibility index (Phi) is 8.94. The summed E-state index contributed by atoms with van der Waals surface area (Å²) >= 11 is 12.2. The summed E-state index contributed by atoms with van der Waals surface area (Å²) in [6.45, 7) is 10.9. The highest BCUT2D eigenvalue weighted by atomic mass is 35.5. The molecule has 1 aromatic heterocycles. The third kappa shape index (κ3) is 6.15. The minimum absolute atomic E-state index is 0.0276. The topological polar surface area (TPSA) is 78.1 Å². The van der Waals surface area contributed by atoms with Gasteiger partial charge in [-0.2, -0.15) is 5.26 Å². The lowest BCUT2D eigenvalue weighted by Crippen LogP contribution is -2.38. The van der Waals surface area contributed by atoms with Gasteiger partial charge in [0, 0.05) is 24.5 Å². The van der Waals surface area contributed by atoms with E-state index in [2.05, 4.69) is 23.7 Å². The van der Waals surface area contributed by atoms with Gasteiger partial charge in [0.1, 0.15) is 18.2 Å². The molecule has 2 amide bonds. The largest absolute Gasteiger partial charge is 0.348 e. The third-order valence-electron chi connectivity index (χ3n) is 5.04. The minimum atomic E-state index is -0.510. The van der Waals surface area contributed by atoms with Crippen LogP contribution >= 0.6 is 23.2 Å². The number of aryl methyl sites for hydroxylation is 1. The normalized spacial score (nSPS) is 11.4. The molecule has 0 unspecified atom stereocenters. The number of hydrogen-bond donors (Lipinski definition) is 1. The van der Waals surface area contributed by atoms with Crippen molar-refractivity contribution in [1.82, 2.24) is 9.47 Å². The monoisotopic (exact) mass is 474 g/mol. The van der Waals surface area contributed by atoms with Gasteiger partial charge in [-0.25, -0.2) is 0 Å². The zero-order valence-corrected chi connectivity index (χ0v) is 20.5. The van der Waals surface area contributed by atoms with E-state index in [9.17, 15) is 14.9 Å². The van der Waals surface area contributed by atoms with Crippen molar-refractivity contribution in [2.24, 2.45) is 5.92 Å². The molecule has 0 saturated heterocycles.